The first-order chi connectivity index (χ1) is 5.18. The van der Waals surface area contributed by atoms with Crippen LogP contribution in [0.4, 0.5) is 0 Å². The van der Waals surface area contributed by atoms with Crippen molar-refractivity contribution in [3.05, 3.63) is 11.3 Å². The second-order valence-electron chi connectivity index (χ2n) is 2.75. The van der Waals surface area contributed by atoms with Crippen molar-refractivity contribution in [2.24, 2.45) is 10.7 Å². The fourth-order valence-electron chi connectivity index (χ4n) is 0.553. The van der Waals surface area contributed by atoms with Gasteiger partial charge in [0, 0.05) is 18.5 Å². The summed E-state index contributed by atoms with van der Waals surface area (Å²) < 4.78 is 0. The van der Waals surface area contributed by atoms with E-state index in [-0.39, 0.29) is 0 Å². The minimum absolute atomic E-state index is 0.852. The lowest BCUT2D eigenvalue weighted by molar-refractivity contribution is 0.810. The van der Waals surface area contributed by atoms with Gasteiger partial charge in [0.05, 0.1) is 0 Å². The van der Waals surface area contributed by atoms with Crippen molar-refractivity contribution in [2.45, 2.75) is 33.6 Å². The lowest BCUT2D eigenvalue weighted by Gasteiger charge is -1.94. The molecule has 2 heteroatoms. The SMILES string of the molecule is CCCCN=CC(C)=C(C)N. The Balaban J connectivity index is 3.66. The van der Waals surface area contributed by atoms with Crippen molar-refractivity contribution < 1.29 is 0 Å². The first-order valence-electron chi connectivity index (χ1n) is 4.11. The van der Waals surface area contributed by atoms with Gasteiger partial charge in [-0.2, -0.15) is 0 Å². The highest BCUT2D eigenvalue weighted by molar-refractivity contribution is 5.78. The van der Waals surface area contributed by atoms with Crippen molar-refractivity contribution in [2.75, 3.05) is 6.54 Å². The molecule has 0 unspecified atom stereocenters. The number of hydrogen-bond acceptors (Lipinski definition) is 2. The normalized spacial score (nSPS) is 13.7. The second kappa shape index (κ2) is 5.96. The number of rotatable bonds is 4. The van der Waals surface area contributed by atoms with Crippen molar-refractivity contribution in [1.29, 1.82) is 0 Å². The van der Waals surface area contributed by atoms with Gasteiger partial charge in [-0.3, -0.25) is 4.99 Å². The number of hydrogen-bond donors (Lipinski definition) is 1. The van der Waals surface area contributed by atoms with E-state index in [1.165, 1.54) is 6.42 Å². The summed E-state index contributed by atoms with van der Waals surface area (Å²) in [4.78, 5) is 4.22. The van der Waals surface area contributed by atoms with Crippen LogP contribution < -0.4 is 5.73 Å². The van der Waals surface area contributed by atoms with Crippen LogP contribution in [0.15, 0.2) is 16.3 Å². The van der Waals surface area contributed by atoms with Crippen LogP contribution in [0.2, 0.25) is 0 Å². The summed E-state index contributed by atoms with van der Waals surface area (Å²) in [7, 11) is 0. The molecule has 0 saturated carbocycles. The fourth-order valence-corrected chi connectivity index (χ4v) is 0.553. The van der Waals surface area contributed by atoms with Gasteiger partial charge in [-0.15, -0.1) is 0 Å². The molecule has 0 aromatic carbocycles. The number of allylic oxidation sites excluding steroid dienone is 2. The van der Waals surface area contributed by atoms with Crippen LogP contribution in [-0.4, -0.2) is 12.8 Å². The first kappa shape index (κ1) is 10.2. The van der Waals surface area contributed by atoms with Crippen molar-refractivity contribution in [1.82, 2.24) is 0 Å². The van der Waals surface area contributed by atoms with Gasteiger partial charge in [-0.05, 0) is 25.8 Å². The highest BCUT2D eigenvalue weighted by Gasteiger charge is 1.85. The molecule has 0 aliphatic rings. The molecule has 0 amide bonds. The molecule has 64 valence electrons. The average molecular weight is 154 g/mol. The molecule has 2 N–H and O–H groups in total. The first-order valence-corrected chi connectivity index (χ1v) is 4.11. The van der Waals surface area contributed by atoms with E-state index in [2.05, 4.69) is 11.9 Å². The van der Waals surface area contributed by atoms with Gasteiger partial charge in [-0.25, -0.2) is 0 Å². The summed E-state index contributed by atoms with van der Waals surface area (Å²) in [6.07, 6.45) is 4.21. The van der Waals surface area contributed by atoms with Crippen LogP contribution in [0.1, 0.15) is 33.6 Å². The molecule has 0 bridgehead atoms. The third-order valence-corrected chi connectivity index (χ3v) is 1.55. The molecule has 0 atom stereocenters. The van der Waals surface area contributed by atoms with Gasteiger partial charge >= 0.3 is 0 Å². The van der Waals surface area contributed by atoms with E-state index in [1.54, 1.807) is 0 Å². The Hall–Kier alpha value is -0.790. The minimum Gasteiger partial charge on any atom is -0.402 e. The number of unbranched alkanes of at least 4 members (excludes halogenated alkanes) is 1. The van der Waals surface area contributed by atoms with Crippen LogP contribution in [0.25, 0.3) is 0 Å². The molecule has 0 fully saturated rings. The van der Waals surface area contributed by atoms with Gasteiger partial charge in [0.2, 0.25) is 0 Å². The Morgan fingerprint density at radius 1 is 1.45 bits per heavy atom. The van der Waals surface area contributed by atoms with Crippen molar-refractivity contribution in [3.8, 4) is 0 Å². The molecule has 0 aliphatic carbocycles. The molecular weight excluding hydrogens is 136 g/mol. The summed E-state index contributed by atoms with van der Waals surface area (Å²) in [5.74, 6) is 0. The number of nitrogens with two attached hydrogens (primary N) is 1. The lowest BCUT2D eigenvalue weighted by Crippen LogP contribution is -1.96. The van der Waals surface area contributed by atoms with E-state index < -0.39 is 0 Å². The number of aliphatic imine (C=N–C) groups is 1. The third kappa shape index (κ3) is 5.64. The Labute approximate surface area is 69.2 Å². The van der Waals surface area contributed by atoms with Crippen LogP contribution in [0, 0.1) is 0 Å². The standard InChI is InChI=1S/C9H18N2/c1-4-5-6-11-7-8(2)9(3)10/h7H,4-6,10H2,1-3H3. The summed E-state index contributed by atoms with van der Waals surface area (Å²) in [5, 5.41) is 0. The van der Waals surface area contributed by atoms with E-state index >= 15 is 0 Å². The molecule has 2 nitrogen and oxygen atoms in total. The summed E-state index contributed by atoms with van der Waals surface area (Å²) in [5.41, 5.74) is 7.46. The maximum absolute atomic E-state index is 5.54. The Morgan fingerprint density at radius 2 is 2.09 bits per heavy atom. The molecule has 0 aromatic heterocycles. The Morgan fingerprint density at radius 3 is 2.55 bits per heavy atom. The van der Waals surface area contributed by atoms with Crippen LogP contribution >= 0.6 is 0 Å². The smallest absolute Gasteiger partial charge is 0.0389 e. The average Bonchev–Trinajstić information content (AvgIpc) is 1.97. The minimum atomic E-state index is 0.852. The largest absolute Gasteiger partial charge is 0.402 e. The van der Waals surface area contributed by atoms with Crippen molar-refractivity contribution in [3.63, 3.8) is 0 Å². The summed E-state index contributed by atoms with van der Waals surface area (Å²) in [6, 6.07) is 0. The van der Waals surface area contributed by atoms with E-state index in [4.69, 9.17) is 5.73 Å². The third-order valence-electron chi connectivity index (χ3n) is 1.55. The molecule has 11 heavy (non-hydrogen) atoms. The molecule has 0 saturated heterocycles. The quantitative estimate of drug-likeness (QED) is 0.489. The zero-order valence-electron chi connectivity index (χ0n) is 7.72. The fraction of sp³-hybridized carbons (Fsp3) is 0.667. The predicted octanol–water partition coefficient (Wildman–Crippen LogP) is 2.11. The zero-order valence-corrected chi connectivity index (χ0v) is 7.72. The Kier molecular flexibility index (Phi) is 5.53. The van der Waals surface area contributed by atoms with Crippen LogP contribution in [-0.2, 0) is 0 Å². The van der Waals surface area contributed by atoms with E-state index in [9.17, 15) is 0 Å². The van der Waals surface area contributed by atoms with E-state index in [0.717, 1.165) is 24.2 Å². The van der Waals surface area contributed by atoms with Crippen LogP contribution in [0.5, 0.6) is 0 Å². The van der Waals surface area contributed by atoms with Gasteiger partial charge < -0.3 is 5.73 Å². The number of nitrogens with zero attached hydrogens (tertiary/aromatic N) is 1. The molecule has 0 aromatic rings. The molecule has 0 spiro atoms. The molecular formula is C9H18N2. The monoisotopic (exact) mass is 154 g/mol. The topological polar surface area (TPSA) is 38.4 Å². The predicted molar refractivity (Wildman–Crippen MR) is 50.8 cm³/mol. The van der Waals surface area contributed by atoms with Gasteiger partial charge in [-0.1, -0.05) is 13.3 Å². The highest BCUT2D eigenvalue weighted by atomic mass is 14.7. The lowest BCUT2D eigenvalue weighted by atomic mass is 10.3. The van der Waals surface area contributed by atoms with Crippen molar-refractivity contribution >= 4 is 6.21 Å². The highest BCUT2D eigenvalue weighted by Crippen LogP contribution is 1.93. The zero-order chi connectivity index (χ0) is 8.69. The van der Waals surface area contributed by atoms with Gasteiger partial charge in [0.15, 0.2) is 0 Å². The van der Waals surface area contributed by atoms with Gasteiger partial charge in [0.1, 0.15) is 0 Å². The molecule has 0 heterocycles. The van der Waals surface area contributed by atoms with Crippen LogP contribution in [0.3, 0.4) is 0 Å². The van der Waals surface area contributed by atoms with E-state index in [0.29, 0.717) is 0 Å². The van der Waals surface area contributed by atoms with E-state index in [1.807, 2.05) is 20.1 Å². The Bertz CT molecular complexity index is 153. The summed E-state index contributed by atoms with van der Waals surface area (Å²) >= 11 is 0. The summed E-state index contributed by atoms with van der Waals surface area (Å²) in [6.45, 7) is 6.94. The van der Waals surface area contributed by atoms with Gasteiger partial charge in [0.25, 0.3) is 0 Å². The molecule has 0 aliphatic heterocycles. The second-order valence-corrected chi connectivity index (χ2v) is 2.75. The maximum Gasteiger partial charge on any atom is 0.0389 e. The maximum atomic E-state index is 5.54. The molecule has 0 rings (SSSR count). The molecule has 0 radical (unpaired) electrons.